The molecule has 144 valence electrons. The molecule has 0 aliphatic carbocycles. The van der Waals surface area contributed by atoms with E-state index in [-0.39, 0.29) is 5.91 Å². The van der Waals surface area contributed by atoms with Gasteiger partial charge in [0.05, 0.1) is 19.9 Å². The van der Waals surface area contributed by atoms with Gasteiger partial charge >= 0.3 is 0 Å². The summed E-state index contributed by atoms with van der Waals surface area (Å²) in [4.78, 5) is 25.5. The third-order valence-corrected chi connectivity index (χ3v) is 4.43. The molecule has 0 aromatic heterocycles. The molecule has 0 aliphatic heterocycles. The van der Waals surface area contributed by atoms with Crippen molar-refractivity contribution in [2.24, 2.45) is 5.41 Å². The molecule has 0 aliphatic rings. The summed E-state index contributed by atoms with van der Waals surface area (Å²) in [5.74, 6) is 0.236. The molecule has 2 aromatic rings. The topological polar surface area (TPSA) is 76.7 Å². The standard InChI is InChI=1S/C21H26N2O4/c1-13-7-8-14(2)17(11-13)23-20(25)21(3,4)19(24)22-16-10-9-15(26-5)12-18(16)27-6/h7-12H,1-6H3,(H,22,24)(H,23,25). The Bertz CT molecular complexity index is 859. The van der Waals surface area contributed by atoms with E-state index >= 15 is 0 Å². The van der Waals surface area contributed by atoms with Crippen molar-refractivity contribution in [1.29, 1.82) is 0 Å². The van der Waals surface area contributed by atoms with E-state index in [9.17, 15) is 9.59 Å². The SMILES string of the molecule is COc1ccc(NC(=O)C(C)(C)C(=O)Nc2cc(C)ccc2C)c(OC)c1. The molecule has 2 rings (SSSR count). The molecular formula is C21H26N2O4. The molecule has 6 nitrogen and oxygen atoms in total. The van der Waals surface area contributed by atoms with Gasteiger partial charge in [0, 0.05) is 11.8 Å². The van der Waals surface area contributed by atoms with Crippen LogP contribution in [0.25, 0.3) is 0 Å². The lowest BCUT2D eigenvalue weighted by Crippen LogP contribution is -2.41. The molecule has 0 bridgehead atoms. The van der Waals surface area contributed by atoms with Crippen molar-refractivity contribution in [3.8, 4) is 11.5 Å². The van der Waals surface area contributed by atoms with E-state index in [0.717, 1.165) is 11.1 Å². The fourth-order valence-electron chi connectivity index (χ4n) is 2.43. The lowest BCUT2D eigenvalue weighted by atomic mass is 9.90. The van der Waals surface area contributed by atoms with Crippen LogP contribution >= 0.6 is 0 Å². The van der Waals surface area contributed by atoms with Crippen LogP contribution in [0, 0.1) is 19.3 Å². The number of hydrogen-bond donors (Lipinski definition) is 2. The second kappa shape index (κ2) is 8.12. The third kappa shape index (κ3) is 4.58. The molecule has 0 radical (unpaired) electrons. The number of nitrogens with one attached hydrogen (secondary N) is 2. The van der Waals surface area contributed by atoms with Crippen LogP contribution in [0.15, 0.2) is 36.4 Å². The Balaban J connectivity index is 2.19. The van der Waals surface area contributed by atoms with Crippen LogP contribution in [0.5, 0.6) is 11.5 Å². The van der Waals surface area contributed by atoms with Crippen LogP contribution in [0.4, 0.5) is 11.4 Å². The van der Waals surface area contributed by atoms with E-state index in [1.54, 1.807) is 39.2 Å². The largest absolute Gasteiger partial charge is 0.497 e. The Hall–Kier alpha value is -3.02. The van der Waals surface area contributed by atoms with E-state index in [0.29, 0.717) is 22.9 Å². The highest BCUT2D eigenvalue weighted by atomic mass is 16.5. The van der Waals surface area contributed by atoms with Crippen molar-refractivity contribution in [2.45, 2.75) is 27.7 Å². The molecule has 27 heavy (non-hydrogen) atoms. The minimum Gasteiger partial charge on any atom is -0.497 e. The maximum Gasteiger partial charge on any atom is 0.239 e. The van der Waals surface area contributed by atoms with Gasteiger partial charge in [-0.1, -0.05) is 12.1 Å². The fraction of sp³-hybridized carbons (Fsp3) is 0.333. The first-order valence-electron chi connectivity index (χ1n) is 8.61. The summed E-state index contributed by atoms with van der Waals surface area (Å²) in [5, 5.41) is 5.62. The average Bonchev–Trinajstić information content (AvgIpc) is 2.64. The lowest BCUT2D eigenvalue weighted by molar-refractivity contribution is -0.135. The highest BCUT2D eigenvalue weighted by Gasteiger charge is 2.36. The van der Waals surface area contributed by atoms with Crippen LogP contribution in [0.1, 0.15) is 25.0 Å². The summed E-state index contributed by atoms with van der Waals surface area (Å²) in [6, 6.07) is 10.8. The average molecular weight is 370 g/mol. The van der Waals surface area contributed by atoms with Gasteiger partial charge < -0.3 is 20.1 Å². The molecule has 0 saturated heterocycles. The number of rotatable bonds is 6. The van der Waals surface area contributed by atoms with E-state index in [1.165, 1.54) is 7.11 Å². The summed E-state index contributed by atoms with van der Waals surface area (Å²) < 4.78 is 10.4. The van der Waals surface area contributed by atoms with Crippen LogP contribution < -0.4 is 20.1 Å². The number of ether oxygens (including phenoxy) is 2. The number of amides is 2. The number of benzene rings is 2. The van der Waals surface area contributed by atoms with Crippen molar-refractivity contribution < 1.29 is 19.1 Å². The fourth-order valence-corrected chi connectivity index (χ4v) is 2.43. The van der Waals surface area contributed by atoms with Crippen LogP contribution in [0.2, 0.25) is 0 Å². The molecule has 0 heterocycles. The second-order valence-corrected chi connectivity index (χ2v) is 6.92. The first-order valence-corrected chi connectivity index (χ1v) is 8.61. The summed E-state index contributed by atoms with van der Waals surface area (Å²) in [6.45, 7) is 7.02. The summed E-state index contributed by atoms with van der Waals surface area (Å²) in [7, 11) is 3.05. The zero-order valence-corrected chi connectivity index (χ0v) is 16.6. The zero-order valence-electron chi connectivity index (χ0n) is 16.6. The zero-order chi connectivity index (χ0) is 20.2. The Labute approximate surface area is 159 Å². The molecule has 2 aromatic carbocycles. The first kappa shape index (κ1) is 20.3. The quantitative estimate of drug-likeness (QED) is 0.756. The smallest absolute Gasteiger partial charge is 0.239 e. The number of carbonyl (C=O) groups is 2. The summed E-state index contributed by atoms with van der Waals surface area (Å²) >= 11 is 0. The first-order chi connectivity index (χ1) is 12.7. The molecule has 0 saturated carbocycles. The van der Waals surface area contributed by atoms with Gasteiger partial charge in [0.15, 0.2) is 0 Å². The van der Waals surface area contributed by atoms with Crippen molar-refractivity contribution in [2.75, 3.05) is 24.9 Å². The number of methoxy groups -OCH3 is 2. The molecule has 2 amide bonds. The molecule has 0 atom stereocenters. The Kier molecular flexibility index (Phi) is 6.10. The van der Waals surface area contributed by atoms with Crippen LogP contribution in [-0.4, -0.2) is 26.0 Å². The Morgan fingerprint density at radius 2 is 1.48 bits per heavy atom. The van der Waals surface area contributed by atoms with Gasteiger partial charge in [0.1, 0.15) is 16.9 Å². The maximum atomic E-state index is 12.8. The van der Waals surface area contributed by atoms with Crippen molar-refractivity contribution in [1.82, 2.24) is 0 Å². The second-order valence-electron chi connectivity index (χ2n) is 6.92. The highest BCUT2D eigenvalue weighted by molar-refractivity contribution is 6.14. The normalized spacial score (nSPS) is 10.9. The van der Waals surface area contributed by atoms with E-state index < -0.39 is 11.3 Å². The number of carbonyl (C=O) groups excluding carboxylic acids is 2. The molecule has 0 unspecified atom stereocenters. The Morgan fingerprint density at radius 3 is 2.07 bits per heavy atom. The van der Waals surface area contributed by atoms with Crippen molar-refractivity contribution in [3.05, 3.63) is 47.5 Å². The highest BCUT2D eigenvalue weighted by Crippen LogP contribution is 2.31. The number of anilines is 2. The van der Waals surface area contributed by atoms with Crippen LogP contribution in [-0.2, 0) is 9.59 Å². The van der Waals surface area contributed by atoms with Gasteiger partial charge in [0.2, 0.25) is 11.8 Å². The van der Waals surface area contributed by atoms with E-state index in [4.69, 9.17) is 9.47 Å². The number of hydrogen-bond acceptors (Lipinski definition) is 4. The number of aryl methyl sites for hydroxylation is 2. The van der Waals surface area contributed by atoms with Crippen molar-refractivity contribution >= 4 is 23.2 Å². The monoisotopic (exact) mass is 370 g/mol. The molecule has 2 N–H and O–H groups in total. The van der Waals surface area contributed by atoms with E-state index in [1.807, 2.05) is 32.0 Å². The molecule has 0 spiro atoms. The van der Waals surface area contributed by atoms with Gasteiger partial charge in [-0.05, 0) is 57.0 Å². The van der Waals surface area contributed by atoms with Gasteiger partial charge in [-0.3, -0.25) is 9.59 Å². The lowest BCUT2D eigenvalue weighted by Gasteiger charge is -2.24. The van der Waals surface area contributed by atoms with Gasteiger partial charge in [-0.25, -0.2) is 0 Å². The van der Waals surface area contributed by atoms with Crippen molar-refractivity contribution in [3.63, 3.8) is 0 Å². The van der Waals surface area contributed by atoms with Crippen LogP contribution in [0.3, 0.4) is 0 Å². The molecule has 6 heteroatoms. The predicted octanol–water partition coefficient (Wildman–Crippen LogP) is 3.92. The van der Waals surface area contributed by atoms with Gasteiger partial charge in [0.25, 0.3) is 0 Å². The minimum atomic E-state index is -1.29. The predicted molar refractivity (Wildman–Crippen MR) is 107 cm³/mol. The van der Waals surface area contributed by atoms with Gasteiger partial charge in [-0.15, -0.1) is 0 Å². The molecule has 0 fully saturated rings. The van der Waals surface area contributed by atoms with Gasteiger partial charge in [-0.2, -0.15) is 0 Å². The summed E-state index contributed by atoms with van der Waals surface area (Å²) in [5.41, 5.74) is 1.84. The van der Waals surface area contributed by atoms with E-state index in [2.05, 4.69) is 10.6 Å². The summed E-state index contributed by atoms with van der Waals surface area (Å²) in [6.07, 6.45) is 0. The molecular weight excluding hydrogens is 344 g/mol. The maximum absolute atomic E-state index is 12.8. The third-order valence-electron chi connectivity index (χ3n) is 4.43. The Morgan fingerprint density at radius 1 is 0.852 bits per heavy atom. The minimum absolute atomic E-state index is 0.388.